The van der Waals surface area contributed by atoms with Gasteiger partial charge in [-0.15, -0.1) is 0 Å². The smallest absolute Gasteiger partial charge is 0.250 e. The minimum atomic E-state index is -3.13. The maximum absolute atomic E-state index is 12.1. The largest absolute Gasteiger partial charge is 0.316 e. The molecule has 0 spiro atoms. The Balaban J connectivity index is 1.53. The average Bonchev–Trinajstić information content (AvgIpc) is 2.58. The zero-order chi connectivity index (χ0) is 17.0. The third-order valence-electron chi connectivity index (χ3n) is 4.42. The van der Waals surface area contributed by atoms with Crippen LogP contribution in [0, 0.1) is 0 Å². The van der Waals surface area contributed by atoms with Crippen LogP contribution in [0.2, 0.25) is 0 Å². The van der Waals surface area contributed by atoms with E-state index >= 15 is 0 Å². The van der Waals surface area contributed by atoms with Gasteiger partial charge >= 0.3 is 0 Å². The highest BCUT2D eigenvalue weighted by Gasteiger charge is 2.29. The van der Waals surface area contributed by atoms with Crippen LogP contribution in [0.4, 0.5) is 0 Å². The summed E-state index contributed by atoms with van der Waals surface area (Å²) in [5.74, 6) is 0.196. The van der Waals surface area contributed by atoms with Gasteiger partial charge in [0.15, 0.2) is 9.84 Å². The number of rotatable bonds is 6. The Hall–Kier alpha value is -1.92. The molecule has 1 N–H and O–H groups in total. The second-order valence-corrected chi connectivity index (χ2v) is 8.17. The van der Waals surface area contributed by atoms with Gasteiger partial charge in [0.25, 0.3) is 0 Å². The summed E-state index contributed by atoms with van der Waals surface area (Å²) in [7, 11) is -3.13. The molecule has 1 aliphatic heterocycles. The monoisotopic (exact) mass is 346 g/mol. The van der Waals surface area contributed by atoms with Crippen LogP contribution in [0.1, 0.15) is 30.9 Å². The molecule has 1 atom stereocenters. The highest BCUT2D eigenvalue weighted by Crippen LogP contribution is 2.31. The molecule has 0 saturated heterocycles. The SMILES string of the molecule is O=c1ccccn1CCCCN[C@@H]1CCS(=O)(=O)c2ccccc21. The first-order valence-corrected chi connectivity index (χ1v) is 9.94. The van der Waals surface area contributed by atoms with Crippen molar-refractivity contribution in [3.05, 3.63) is 64.6 Å². The number of benzene rings is 1. The van der Waals surface area contributed by atoms with E-state index < -0.39 is 9.84 Å². The molecule has 1 aliphatic rings. The Morgan fingerprint density at radius 2 is 1.88 bits per heavy atom. The lowest BCUT2D eigenvalue weighted by Gasteiger charge is -2.26. The van der Waals surface area contributed by atoms with E-state index in [1.807, 2.05) is 18.2 Å². The number of nitrogens with zero attached hydrogens (tertiary/aromatic N) is 1. The van der Waals surface area contributed by atoms with Gasteiger partial charge in [0, 0.05) is 24.8 Å². The maximum Gasteiger partial charge on any atom is 0.250 e. The number of unbranched alkanes of at least 4 members (excludes halogenated alkanes) is 1. The fourth-order valence-electron chi connectivity index (χ4n) is 3.13. The highest BCUT2D eigenvalue weighted by molar-refractivity contribution is 7.91. The lowest BCUT2D eigenvalue weighted by atomic mass is 10.0. The van der Waals surface area contributed by atoms with Crippen molar-refractivity contribution in [2.75, 3.05) is 12.3 Å². The van der Waals surface area contributed by atoms with Crippen molar-refractivity contribution in [1.82, 2.24) is 9.88 Å². The van der Waals surface area contributed by atoms with Crippen molar-refractivity contribution in [2.24, 2.45) is 0 Å². The molecule has 0 amide bonds. The van der Waals surface area contributed by atoms with Gasteiger partial charge in [0.2, 0.25) is 5.56 Å². The number of hydrogen-bond acceptors (Lipinski definition) is 4. The zero-order valence-corrected chi connectivity index (χ0v) is 14.3. The van der Waals surface area contributed by atoms with Gasteiger partial charge in [-0.2, -0.15) is 0 Å². The summed E-state index contributed by atoms with van der Waals surface area (Å²) < 4.78 is 26.0. The molecule has 3 rings (SSSR count). The van der Waals surface area contributed by atoms with Crippen molar-refractivity contribution >= 4 is 9.84 Å². The van der Waals surface area contributed by atoms with Crippen LogP contribution in [0.5, 0.6) is 0 Å². The van der Waals surface area contributed by atoms with Gasteiger partial charge in [-0.1, -0.05) is 24.3 Å². The third-order valence-corrected chi connectivity index (χ3v) is 6.24. The number of pyridine rings is 1. The van der Waals surface area contributed by atoms with Crippen LogP contribution in [-0.4, -0.2) is 25.3 Å². The molecule has 2 heterocycles. The van der Waals surface area contributed by atoms with Gasteiger partial charge in [0.1, 0.15) is 0 Å². The molecule has 1 aromatic carbocycles. The van der Waals surface area contributed by atoms with E-state index in [0.717, 1.165) is 24.9 Å². The molecule has 0 bridgehead atoms. The summed E-state index contributed by atoms with van der Waals surface area (Å²) in [4.78, 5) is 12.1. The second-order valence-electron chi connectivity index (χ2n) is 6.09. The standard InChI is InChI=1S/C18H22N2O3S/c21-18-9-3-5-12-20(18)13-6-4-11-19-16-10-14-24(22,23)17-8-2-1-7-15(16)17/h1-3,5,7-9,12,16,19H,4,6,10-11,13-14H2/t16-/m1/s1. The molecular weight excluding hydrogens is 324 g/mol. The quantitative estimate of drug-likeness (QED) is 0.814. The van der Waals surface area contributed by atoms with E-state index in [9.17, 15) is 13.2 Å². The van der Waals surface area contributed by atoms with E-state index in [1.54, 1.807) is 35.0 Å². The average molecular weight is 346 g/mol. The third kappa shape index (κ3) is 3.76. The van der Waals surface area contributed by atoms with Crippen LogP contribution in [0.15, 0.2) is 58.4 Å². The number of aryl methyl sites for hydroxylation is 1. The molecule has 128 valence electrons. The van der Waals surface area contributed by atoms with Crippen molar-refractivity contribution in [1.29, 1.82) is 0 Å². The molecule has 0 saturated carbocycles. The summed E-state index contributed by atoms with van der Waals surface area (Å²) in [6.07, 6.45) is 4.26. The maximum atomic E-state index is 12.1. The molecule has 1 aromatic heterocycles. The van der Waals surface area contributed by atoms with Crippen LogP contribution in [-0.2, 0) is 16.4 Å². The number of sulfone groups is 1. The summed E-state index contributed by atoms with van der Waals surface area (Å²) in [6, 6.07) is 12.5. The van der Waals surface area contributed by atoms with Crippen LogP contribution >= 0.6 is 0 Å². The topological polar surface area (TPSA) is 68.2 Å². The predicted octanol–water partition coefficient (Wildman–Crippen LogP) is 2.14. The second kappa shape index (κ2) is 7.32. The molecule has 6 heteroatoms. The highest BCUT2D eigenvalue weighted by atomic mass is 32.2. The summed E-state index contributed by atoms with van der Waals surface area (Å²) in [5, 5.41) is 3.46. The summed E-state index contributed by atoms with van der Waals surface area (Å²) >= 11 is 0. The minimum absolute atomic E-state index is 0.0249. The molecule has 0 aliphatic carbocycles. The zero-order valence-electron chi connectivity index (χ0n) is 13.5. The molecule has 24 heavy (non-hydrogen) atoms. The number of nitrogens with one attached hydrogen (secondary N) is 1. The van der Waals surface area contributed by atoms with Gasteiger partial charge in [0.05, 0.1) is 10.6 Å². The van der Waals surface area contributed by atoms with Crippen molar-refractivity contribution in [3.63, 3.8) is 0 Å². The molecular formula is C18H22N2O3S. The first-order valence-electron chi connectivity index (χ1n) is 8.28. The lowest BCUT2D eigenvalue weighted by Crippen LogP contribution is -2.30. The first-order chi connectivity index (χ1) is 11.6. The molecule has 0 radical (unpaired) electrons. The summed E-state index contributed by atoms with van der Waals surface area (Å²) in [5.41, 5.74) is 0.903. The fraction of sp³-hybridized carbons (Fsp3) is 0.389. The van der Waals surface area contributed by atoms with E-state index in [4.69, 9.17) is 0 Å². The van der Waals surface area contributed by atoms with Crippen LogP contribution in [0.25, 0.3) is 0 Å². The minimum Gasteiger partial charge on any atom is -0.316 e. The van der Waals surface area contributed by atoms with E-state index in [0.29, 0.717) is 17.9 Å². The van der Waals surface area contributed by atoms with Gasteiger partial charge < -0.3 is 9.88 Å². The number of hydrogen-bond donors (Lipinski definition) is 1. The van der Waals surface area contributed by atoms with Gasteiger partial charge in [-0.25, -0.2) is 8.42 Å². The normalized spacial score (nSPS) is 18.9. The predicted molar refractivity (Wildman–Crippen MR) is 93.8 cm³/mol. The summed E-state index contributed by atoms with van der Waals surface area (Å²) in [6.45, 7) is 1.51. The Kier molecular flexibility index (Phi) is 5.16. The lowest BCUT2D eigenvalue weighted by molar-refractivity contribution is 0.471. The number of fused-ring (bicyclic) bond motifs is 1. The first kappa shape index (κ1) is 16.9. The Bertz CT molecular complexity index is 858. The van der Waals surface area contributed by atoms with Crippen LogP contribution < -0.4 is 10.9 Å². The molecule has 5 nitrogen and oxygen atoms in total. The van der Waals surface area contributed by atoms with E-state index in [-0.39, 0.29) is 17.4 Å². The molecule has 0 fully saturated rings. The van der Waals surface area contributed by atoms with Crippen LogP contribution in [0.3, 0.4) is 0 Å². The van der Waals surface area contributed by atoms with Gasteiger partial charge in [-0.3, -0.25) is 4.79 Å². The van der Waals surface area contributed by atoms with Crippen molar-refractivity contribution in [2.45, 2.75) is 36.7 Å². The van der Waals surface area contributed by atoms with E-state index in [1.165, 1.54) is 0 Å². The fourth-order valence-corrected chi connectivity index (χ4v) is 4.75. The number of aromatic nitrogens is 1. The molecule has 2 aromatic rings. The Morgan fingerprint density at radius 3 is 2.71 bits per heavy atom. The molecule has 0 unspecified atom stereocenters. The van der Waals surface area contributed by atoms with Crippen molar-refractivity contribution in [3.8, 4) is 0 Å². The Morgan fingerprint density at radius 1 is 1.08 bits per heavy atom. The van der Waals surface area contributed by atoms with E-state index in [2.05, 4.69) is 5.32 Å². The van der Waals surface area contributed by atoms with Crippen molar-refractivity contribution < 1.29 is 8.42 Å². The Labute approximate surface area is 142 Å². The van der Waals surface area contributed by atoms with Gasteiger partial charge in [-0.05, 0) is 43.5 Å².